The maximum Gasteiger partial charge on any atom is 0.416 e. The van der Waals surface area contributed by atoms with Crippen LogP contribution in [0.3, 0.4) is 0 Å². The van der Waals surface area contributed by atoms with Crippen molar-refractivity contribution in [2.75, 3.05) is 31.1 Å². The molecule has 13 heteroatoms. The standard InChI is InChI=1S/C31H39ClN6O6/c1-20(2)24-16-33-38-26(15-25(32)34-27(24)38)37(30(41)44-31(3,4)5)22-11-13-35(14-12-22)29(40)43-23-17-36(18-23)28(39)42-19-21-9-7-6-8-10-21/h6-10,15-16,20,22-23H,11-14,17-19H2,1-5H3. The Morgan fingerprint density at radius 2 is 1.73 bits per heavy atom. The summed E-state index contributed by atoms with van der Waals surface area (Å²) in [6.45, 7) is 11.0. The van der Waals surface area contributed by atoms with Crippen molar-refractivity contribution in [2.45, 2.75) is 77.7 Å². The largest absolute Gasteiger partial charge is 0.445 e. The molecule has 0 N–H and O–H groups in total. The maximum absolute atomic E-state index is 13.6. The molecule has 1 aromatic carbocycles. The van der Waals surface area contributed by atoms with Crippen LogP contribution in [0.5, 0.6) is 0 Å². The molecule has 12 nitrogen and oxygen atoms in total. The minimum absolute atomic E-state index is 0.151. The van der Waals surface area contributed by atoms with E-state index in [9.17, 15) is 14.4 Å². The highest BCUT2D eigenvalue weighted by molar-refractivity contribution is 6.29. The summed E-state index contributed by atoms with van der Waals surface area (Å²) in [6, 6.07) is 10.8. The first-order chi connectivity index (χ1) is 20.9. The minimum atomic E-state index is -0.729. The highest BCUT2D eigenvalue weighted by Gasteiger charge is 2.38. The number of benzene rings is 1. The van der Waals surface area contributed by atoms with Crippen LogP contribution in [0.25, 0.3) is 5.65 Å². The Morgan fingerprint density at radius 3 is 2.36 bits per heavy atom. The van der Waals surface area contributed by atoms with Crippen molar-refractivity contribution >= 4 is 41.3 Å². The Bertz CT molecular complexity index is 1490. The highest BCUT2D eigenvalue weighted by Crippen LogP contribution is 2.31. The van der Waals surface area contributed by atoms with Gasteiger partial charge in [-0.2, -0.15) is 9.61 Å². The lowest BCUT2D eigenvalue weighted by atomic mass is 10.0. The Kier molecular flexibility index (Phi) is 9.19. The Morgan fingerprint density at radius 1 is 1.05 bits per heavy atom. The first kappa shape index (κ1) is 31.4. The predicted molar refractivity (Wildman–Crippen MR) is 164 cm³/mol. The van der Waals surface area contributed by atoms with E-state index in [0.717, 1.165) is 11.1 Å². The number of hydrogen-bond donors (Lipinski definition) is 0. The van der Waals surface area contributed by atoms with Gasteiger partial charge in [0.2, 0.25) is 0 Å². The van der Waals surface area contributed by atoms with E-state index in [1.807, 2.05) is 65.0 Å². The Hall–Kier alpha value is -4.06. The van der Waals surface area contributed by atoms with E-state index in [1.54, 1.807) is 26.6 Å². The van der Waals surface area contributed by atoms with Crippen molar-refractivity contribution in [1.82, 2.24) is 24.4 Å². The second-order valence-electron chi connectivity index (χ2n) is 12.4. The zero-order chi connectivity index (χ0) is 31.6. The molecule has 0 aliphatic carbocycles. The van der Waals surface area contributed by atoms with Gasteiger partial charge in [-0.1, -0.05) is 55.8 Å². The van der Waals surface area contributed by atoms with Gasteiger partial charge in [0.05, 0.1) is 19.3 Å². The molecule has 0 atom stereocenters. The van der Waals surface area contributed by atoms with Gasteiger partial charge >= 0.3 is 18.3 Å². The van der Waals surface area contributed by atoms with Gasteiger partial charge < -0.3 is 24.0 Å². The lowest BCUT2D eigenvalue weighted by Crippen LogP contribution is -2.57. The third-order valence-electron chi connectivity index (χ3n) is 7.57. The van der Waals surface area contributed by atoms with E-state index in [0.29, 0.717) is 37.4 Å². The Labute approximate surface area is 261 Å². The molecule has 0 unspecified atom stereocenters. The van der Waals surface area contributed by atoms with Gasteiger partial charge in [0.15, 0.2) is 5.65 Å². The van der Waals surface area contributed by atoms with E-state index >= 15 is 0 Å². The number of piperidine rings is 1. The third kappa shape index (κ3) is 7.18. The number of hydrogen-bond acceptors (Lipinski definition) is 8. The fourth-order valence-corrected chi connectivity index (χ4v) is 5.43. The number of carbonyl (C=O) groups excluding carboxylic acids is 3. The van der Waals surface area contributed by atoms with Crippen molar-refractivity contribution in [3.8, 4) is 0 Å². The summed E-state index contributed by atoms with van der Waals surface area (Å²) in [6.07, 6.45) is 0.892. The molecule has 0 spiro atoms. The van der Waals surface area contributed by atoms with Crippen LogP contribution in [0.15, 0.2) is 42.6 Å². The molecule has 2 aliphatic rings. The molecule has 3 amide bonds. The fraction of sp³-hybridized carbons (Fsp3) is 0.516. The van der Waals surface area contributed by atoms with Gasteiger partial charge in [0.1, 0.15) is 29.3 Å². The van der Waals surface area contributed by atoms with Crippen molar-refractivity contribution in [3.63, 3.8) is 0 Å². The van der Waals surface area contributed by atoms with Crippen molar-refractivity contribution in [3.05, 3.63) is 58.9 Å². The van der Waals surface area contributed by atoms with Gasteiger partial charge in [0, 0.05) is 30.8 Å². The van der Waals surface area contributed by atoms with E-state index < -0.39 is 30.0 Å². The zero-order valence-corrected chi connectivity index (χ0v) is 26.5. The van der Waals surface area contributed by atoms with Gasteiger partial charge in [-0.15, -0.1) is 0 Å². The summed E-state index contributed by atoms with van der Waals surface area (Å²) >= 11 is 6.45. The number of rotatable bonds is 6. The topological polar surface area (TPSA) is 119 Å². The lowest BCUT2D eigenvalue weighted by molar-refractivity contribution is -0.0284. The molecule has 236 valence electrons. The number of fused-ring (bicyclic) bond motifs is 1. The highest BCUT2D eigenvalue weighted by atomic mass is 35.5. The number of aromatic nitrogens is 3. The predicted octanol–water partition coefficient (Wildman–Crippen LogP) is 5.87. The molecule has 4 heterocycles. The van der Waals surface area contributed by atoms with Gasteiger partial charge in [0.25, 0.3) is 0 Å². The number of likely N-dealkylation sites (tertiary alicyclic amines) is 2. The quantitative estimate of drug-likeness (QED) is 0.246. The van der Waals surface area contributed by atoms with Crippen molar-refractivity contribution < 1.29 is 28.6 Å². The molecule has 2 saturated heterocycles. The number of ether oxygens (including phenoxy) is 3. The molecule has 2 aliphatic heterocycles. The van der Waals surface area contributed by atoms with Gasteiger partial charge in [-0.3, -0.25) is 4.90 Å². The molecule has 2 fully saturated rings. The van der Waals surface area contributed by atoms with Crippen LogP contribution in [-0.2, 0) is 20.8 Å². The summed E-state index contributed by atoms with van der Waals surface area (Å²) in [5, 5.41) is 4.78. The molecule has 44 heavy (non-hydrogen) atoms. The van der Waals surface area contributed by atoms with E-state index in [2.05, 4.69) is 10.1 Å². The van der Waals surface area contributed by atoms with E-state index in [-0.39, 0.29) is 36.8 Å². The number of amides is 3. The van der Waals surface area contributed by atoms with Crippen LogP contribution in [0.4, 0.5) is 20.2 Å². The van der Waals surface area contributed by atoms with Crippen LogP contribution >= 0.6 is 11.6 Å². The smallest absolute Gasteiger partial charge is 0.416 e. The van der Waals surface area contributed by atoms with Crippen LogP contribution in [0, 0.1) is 0 Å². The van der Waals surface area contributed by atoms with Crippen LogP contribution < -0.4 is 4.90 Å². The van der Waals surface area contributed by atoms with E-state index in [1.165, 1.54) is 4.90 Å². The number of anilines is 1. The van der Waals surface area contributed by atoms with Crippen LogP contribution in [-0.4, -0.2) is 86.6 Å². The zero-order valence-electron chi connectivity index (χ0n) is 25.7. The first-order valence-corrected chi connectivity index (χ1v) is 15.2. The minimum Gasteiger partial charge on any atom is -0.445 e. The molecular weight excluding hydrogens is 588 g/mol. The monoisotopic (exact) mass is 626 g/mol. The van der Waals surface area contributed by atoms with E-state index in [4.69, 9.17) is 25.8 Å². The summed E-state index contributed by atoms with van der Waals surface area (Å²) in [5.74, 6) is 0.606. The molecular formula is C31H39ClN6O6. The molecule has 0 bridgehead atoms. The van der Waals surface area contributed by atoms with Crippen LogP contribution in [0.1, 0.15) is 64.5 Å². The summed E-state index contributed by atoms with van der Waals surface area (Å²) in [5.41, 5.74) is 1.66. The van der Waals surface area contributed by atoms with Crippen LogP contribution in [0.2, 0.25) is 5.15 Å². The SMILES string of the molecule is CC(C)c1cnn2c(N(C(=O)OC(C)(C)C)C3CCN(C(=O)OC4CN(C(=O)OCc5ccccc5)C4)CC3)cc(Cl)nc12. The summed E-state index contributed by atoms with van der Waals surface area (Å²) in [4.78, 5) is 48.1. The third-order valence-corrected chi connectivity index (χ3v) is 7.77. The first-order valence-electron chi connectivity index (χ1n) is 14.9. The average Bonchev–Trinajstić information content (AvgIpc) is 3.37. The van der Waals surface area contributed by atoms with Crippen molar-refractivity contribution in [2.24, 2.45) is 0 Å². The molecule has 0 saturated carbocycles. The second kappa shape index (κ2) is 12.9. The molecule has 0 radical (unpaired) electrons. The Balaban J connectivity index is 1.20. The van der Waals surface area contributed by atoms with Crippen molar-refractivity contribution in [1.29, 1.82) is 0 Å². The number of carbonyl (C=O) groups is 3. The molecule has 2 aromatic heterocycles. The summed E-state index contributed by atoms with van der Waals surface area (Å²) in [7, 11) is 0. The lowest BCUT2D eigenvalue weighted by Gasteiger charge is -2.41. The van der Waals surface area contributed by atoms with Gasteiger partial charge in [-0.25, -0.2) is 19.4 Å². The van der Waals surface area contributed by atoms with Gasteiger partial charge in [-0.05, 0) is 45.1 Å². The fourth-order valence-electron chi connectivity index (χ4n) is 5.25. The second-order valence-corrected chi connectivity index (χ2v) is 12.8. The molecule has 3 aromatic rings. The summed E-state index contributed by atoms with van der Waals surface area (Å²) < 4.78 is 18.4. The number of halogens is 1. The average molecular weight is 627 g/mol. The number of nitrogens with zero attached hydrogens (tertiary/aromatic N) is 6. The molecule has 5 rings (SSSR count). The normalized spacial score (nSPS) is 16.2. The maximum atomic E-state index is 13.6.